The number of pyridine rings is 1. The molecule has 2 unspecified atom stereocenters. The molecule has 1 aliphatic heterocycles. The highest BCUT2D eigenvalue weighted by Gasteiger charge is 2.24. The lowest BCUT2D eigenvalue weighted by atomic mass is 9.97. The van der Waals surface area contributed by atoms with Gasteiger partial charge in [-0.2, -0.15) is 10.1 Å². The lowest BCUT2D eigenvalue weighted by Gasteiger charge is -2.22. The molecule has 0 saturated carbocycles. The first-order chi connectivity index (χ1) is 22.6. The van der Waals surface area contributed by atoms with E-state index in [9.17, 15) is 14.4 Å². The van der Waals surface area contributed by atoms with Crippen LogP contribution in [0.2, 0.25) is 5.02 Å². The molecular formula is C31H29Cl2N11O3. The largest absolute Gasteiger partial charge is 0.388 e. The predicted octanol–water partition coefficient (Wildman–Crippen LogP) is 3.92. The first kappa shape index (κ1) is 31.7. The Kier molecular flexibility index (Phi) is 8.89. The summed E-state index contributed by atoms with van der Waals surface area (Å²) < 4.78 is 3.05. The summed E-state index contributed by atoms with van der Waals surface area (Å²) in [5.74, 6) is 5.66. The van der Waals surface area contributed by atoms with E-state index < -0.39 is 11.7 Å². The van der Waals surface area contributed by atoms with Crippen LogP contribution in [0.4, 0.5) is 11.4 Å². The number of nitrogens with zero attached hydrogens (tertiary/aromatic N) is 7. The van der Waals surface area contributed by atoms with Gasteiger partial charge in [0.05, 0.1) is 59.4 Å². The zero-order chi connectivity index (χ0) is 33.2. The quantitative estimate of drug-likeness (QED) is 0.121. The van der Waals surface area contributed by atoms with E-state index in [1.165, 1.54) is 45.2 Å². The van der Waals surface area contributed by atoms with Gasteiger partial charge in [0.1, 0.15) is 10.9 Å². The fourth-order valence-corrected chi connectivity index (χ4v) is 5.69. The van der Waals surface area contributed by atoms with Gasteiger partial charge < -0.3 is 16.0 Å². The molecule has 0 saturated heterocycles. The van der Waals surface area contributed by atoms with E-state index in [-0.39, 0.29) is 22.5 Å². The van der Waals surface area contributed by atoms with Crippen molar-refractivity contribution in [3.8, 4) is 28.2 Å². The van der Waals surface area contributed by atoms with Gasteiger partial charge >= 0.3 is 5.69 Å². The minimum absolute atomic E-state index is 0.0342. The fourth-order valence-electron chi connectivity index (χ4n) is 5.42. The second kappa shape index (κ2) is 13.2. The number of nitrogens with two attached hydrogens (primary N) is 2. The van der Waals surface area contributed by atoms with Crippen molar-refractivity contribution in [2.75, 3.05) is 10.3 Å². The molecule has 0 aliphatic carbocycles. The number of H-pyrrole nitrogens is 1. The summed E-state index contributed by atoms with van der Waals surface area (Å²) >= 11 is 12.1. The van der Waals surface area contributed by atoms with E-state index in [2.05, 4.69) is 25.3 Å². The average molecular weight is 675 g/mol. The van der Waals surface area contributed by atoms with Crippen molar-refractivity contribution in [2.45, 2.75) is 32.2 Å². The summed E-state index contributed by atoms with van der Waals surface area (Å²) in [4.78, 5) is 54.1. The Morgan fingerprint density at radius 1 is 1.11 bits per heavy atom. The first-order valence-electron chi connectivity index (χ1n) is 14.5. The maximum absolute atomic E-state index is 13.8. The van der Waals surface area contributed by atoms with Crippen molar-refractivity contribution in [3.05, 3.63) is 110 Å². The number of fused-ring (bicyclic) bond motifs is 4. The van der Waals surface area contributed by atoms with Gasteiger partial charge in [0.25, 0.3) is 5.56 Å². The van der Waals surface area contributed by atoms with Crippen molar-refractivity contribution in [2.24, 2.45) is 17.5 Å². The Balaban J connectivity index is 1.43. The number of carbonyl (C=O) groups excluding carboxylic acids is 1. The standard InChI is InChI=1S/C31H29Cl2N11O3/c1-17-3-2-4-26(42-16-39-22(11-28(42)45)21-10-19(32)5-6-25(21)43(35)15-27(33)34)23-9-18(7-8-36-23)29-24(40-30(17)46)14-44(41-29)20-12-37-31(47)38-13-20/h5-17,26H,2-4,34-35H2,1H3,(H,40,46)(H,37,38,47)/b27-15-. The zero-order valence-corrected chi connectivity index (χ0v) is 26.5. The van der Waals surface area contributed by atoms with Gasteiger partial charge in [-0.15, -0.1) is 0 Å². The highest BCUT2D eigenvalue weighted by atomic mass is 35.5. The lowest BCUT2D eigenvalue weighted by molar-refractivity contribution is -0.119. The highest BCUT2D eigenvalue weighted by molar-refractivity contribution is 6.31. The Morgan fingerprint density at radius 2 is 1.94 bits per heavy atom. The molecule has 1 aliphatic rings. The summed E-state index contributed by atoms with van der Waals surface area (Å²) in [6.07, 6.45) is 10.7. The summed E-state index contributed by atoms with van der Waals surface area (Å²) in [7, 11) is 0. The molecule has 240 valence electrons. The summed E-state index contributed by atoms with van der Waals surface area (Å²) in [5, 5.41) is 9.32. The molecule has 14 nitrogen and oxygen atoms in total. The van der Waals surface area contributed by atoms with Crippen LogP contribution in [0.3, 0.4) is 0 Å². The molecule has 2 atom stereocenters. The molecule has 16 heteroatoms. The van der Waals surface area contributed by atoms with Crippen LogP contribution in [0.1, 0.15) is 37.9 Å². The molecule has 1 amide bonds. The number of amides is 1. The van der Waals surface area contributed by atoms with Crippen LogP contribution >= 0.6 is 23.2 Å². The number of hydrogen-bond acceptors (Lipinski definition) is 10. The zero-order valence-electron chi connectivity index (χ0n) is 25.0. The third-order valence-electron chi connectivity index (χ3n) is 7.80. The number of halogens is 2. The van der Waals surface area contributed by atoms with Crippen LogP contribution in [0.5, 0.6) is 0 Å². The lowest BCUT2D eigenvalue weighted by Crippen LogP contribution is -2.28. The van der Waals surface area contributed by atoms with Gasteiger partial charge in [0.2, 0.25) is 5.91 Å². The number of hydrogen-bond donors (Lipinski definition) is 4. The second-order valence-corrected chi connectivity index (χ2v) is 11.9. The minimum Gasteiger partial charge on any atom is -0.388 e. The van der Waals surface area contributed by atoms with Crippen molar-refractivity contribution in [1.29, 1.82) is 0 Å². The molecule has 47 heavy (non-hydrogen) atoms. The Morgan fingerprint density at radius 3 is 2.68 bits per heavy atom. The summed E-state index contributed by atoms with van der Waals surface area (Å²) in [6.45, 7) is 1.85. The Hall–Kier alpha value is -5.31. The number of anilines is 2. The van der Waals surface area contributed by atoms with Crippen molar-refractivity contribution < 1.29 is 4.79 Å². The Bertz CT molecular complexity index is 2100. The van der Waals surface area contributed by atoms with Gasteiger partial charge in [0, 0.05) is 40.5 Å². The number of nitrogens with one attached hydrogen (secondary N) is 2. The summed E-state index contributed by atoms with van der Waals surface area (Å²) in [6, 6.07) is 9.48. The van der Waals surface area contributed by atoms with Crippen LogP contribution in [-0.2, 0) is 4.79 Å². The van der Waals surface area contributed by atoms with Gasteiger partial charge in [-0.25, -0.2) is 20.3 Å². The topological polar surface area (TPSA) is 196 Å². The third-order valence-corrected chi connectivity index (χ3v) is 8.13. The molecule has 5 aromatic rings. The first-order valence-corrected chi connectivity index (χ1v) is 15.3. The summed E-state index contributed by atoms with van der Waals surface area (Å²) in [5.41, 5.74) is 8.82. The molecular weight excluding hydrogens is 645 g/mol. The van der Waals surface area contributed by atoms with Crippen LogP contribution < -0.4 is 33.2 Å². The molecule has 5 heterocycles. The minimum atomic E-state index is -0.503. The van der Waals surface area contributed by atoms with Gasteiger partial charge in [-0.05, 0) is 43.2 Å². The molecule has 0 fully saturated rings. The van der Waals surface area contributed by atoms with E-state index in [0.29, 0.717) is 69.6 Å². The molecule has 6 rings (SSSR count). The molecule has 0 spiro atoms. The van der Waals surface area contributed by atoms with Crippen molar-refractivity contribution in [1.82, 2.24) is 34.3 Å². The maximum atomic E-state index is 13.8. The van der Waals surface area contributed by atoms with E-state index >= 15 is 0 Å². The number of aromatic nitrogens is 7. The number of hydrazine groups is 1. The van der Waals surface area contributed by atoms with Crippen LogP contribution in [0.25, 0.3) is 28.2 Å². The van der Waals surface area contributed by atoms with E-state index in [1.54, 1.807) is 36.7 Å². The third kappa shape index (κ3) is 6.79. The molecule has 6 N–H and O–H groups in total. The van der Waals surface area contributed by atoms with E-state index in [1.807, 2.05) is 13.0 Å². The Labute approximate surface area is 277 Å². The SMILES string of the molecule is CC1CCCC(n2cnc(-c3cc(Cl)ccc3N(N)/C=C(\N)Cl)cc2=O)c2cc(ccn2)-c2nn(-c3cnc(=O)[nH]c3)cc2NC1=O. The monoisotopic (exact) mass is 673 g/mol. The van der Waals surface area contributed by atoms with Gasteiger partial charge in [-0.3, -0.25) is 24.1 Å². The smallest absolute Gasteiger partial charge is 0.345 e. The molecule has 4 aromatic heterocycles. The average Bonchev–Trinajstić information content (AvgIpc) is 3.46. The van der Waals surface area contributed by atoms with Gasteiger partial charge in [0.15, 0.2) is 0 Å². The second-order valence-electron chi connectivity index (χ2n) is 11.0. The molecule has 2 bridgehead atoms. The van der Waals surface area contributed by atoms with Crippen LogP contribution in [0, 0.1) is 5.92 Å². The number of rotatable bonds is 5. The molecule has 1 aromatic carbocycles. The number of benzene rings is 1. The van der Waals surface area contributed by atoms with Crippen molar-refractivity contribution >= 4 is 40.5 Å². The number of carbonyl (C=O) groups is 1. The van der Waals surface area contributed by atoms with Gasteiger partial charge in [-0.1, -0.05) is 36.5 Å². The number of aromatic amines is 1. The predicted molar refractivity (Wildman–Crippen MR) is 179 cm³/mol. The van der Waals surface area contributed by atoms with Crippen molar-refractivity contribution in [3.63, 3.8) is 0 Å². The normalized spacial score (nSPS) is 16.9. The van der Waals surface area contributed by atoms with Crippen LogP contribution in [-0.4, -0.2) is 40.2 Å². The van der Waals surface area contributed by atoms with Crippen LogP contribution in [0.15, 0.2) is 88.5 Å². The maximum Gasteiger partial charge on any atom is 0.345 e. The van der Waals surface area contributed by atoms with E-state index in [0.717, 1.165) is 0 Å². The fraction of sp³-hybridized carbons (Fsp3) is 0.194. The van der Waals surface area contributed by atoms with E-state index in [4.69, 9.17) is 39.9 Å². The highest BCUT2D eigenvalue weighted by Crippen LogP contribution is 2.34. The molecule has 0 radical (unpaired) electrons.